The number of carbonyl (C=O) groups excluding carboxylic acids is 1. The molecule has 0 bridgehead atoms. The van der Waals surface area contributed by atoms with Gasteiger partial charge < -0.3 is 14.5 Å². The van der Waals surface area contributed by atoms with E-state index < -0.39 is 5.97 Å². The molecule has 6 heteroatoms. The topological polar surface area (TPSA) is 83.6 Å². The van der Waals surface area contributed by atoms with Crippen LogP contribution in [-0.2, 0) is 16.0 Å². The highest BCUT2D eigenvalue weighted by Crippen LogP contribution is 2.03. The summed E-state index contributed by atoms with van der Waals surface area (Å²) in [5.41, 5.74) is 0.509. The first-order valence-corrected chi connectivity index (χ1v) is 4.37. The Morgan fingerprint density at radius 1 is 1.60 bits per heavy atom. The van der Waals surface area contributed by atoms with Gasteiger partial charge in [0.1, 0.15) is 12.3 Å². The number of aliphatic carboxylic acids is 1. The summed E-state index contributed by atoms with van der Waals surface area (Å²) in [7, 11) is 1.43. The molecule has 0 saturated heterocycles. The maximum Gasteiger partial charge on any atom is 0.323 e. The molecule has 15 heavy (non-hydrogen) atoms. The molecule has 0 aliphatic heterocycles. The number of hydrogen-bond acceptors (Lipinski definition) is 4. The number of aromatic nitrogens is 1. The molecule has 1 rings (SSSR count). The van der Waals surface area contributed by atoms with Crippen LogP contribution in [0.5, 0.6) is 0 Å². The third kappa shape index (κ3) is 3.41. The lowest BCUT2D eigenvalue weighted by molar-refractivity contribution is -0.143. The second kappa shape index (κ2) is 4.59. The van der Waals surface area contributed by atoms with Gasteiger partial charge >= 0.3 is 5.97 Å². The number of hydrogen-bond donors (Lipinski definition) is 1. The zero-order chi connectivity index (χ0) is 11.4. The summed E-state index contributed by atoms with van der Waals surface area (Å²) in [6, 6.07) is 1.65. The molecule has 0 radical (unpaired) electrons. The minimum atomic E-state index is -1.04. The zero-order valence-electron chi connectivity index (χ0n) is 8.56. The number of carboxylic acids is 1. The first-order chi connectivity index (χ1) is 6.99. The first kappa shape index (κ1) is 11.2. The smallest absolute Gasteiger partial charge is 0.323 e. The van der Waals surface area contributed by atoms with Crippen LogP contribution in [0.1, 0.15) is 11.5 Å². The number of likely N-dealkylation sites (N-methyl/N-ethyl adjacent to an activating group) is 1. The van der Waals surface area contributed by atoms with Crippen LogP contribution in [0.3, 0.4) is 0 Å². The number of carbonyl (C=O) groups is 2. The summed E-state index contributed by atoms with van der Waals surface area (Å²) < 4.78 is 4.79. The van der Waals surface area contributed by atoms with Crippen molar-refractivity contribution in [3.05, 3.63) is 17.5 Å². The molecule has 6 nitrogen and oxygen atoms in total. The molecule has 0 unspecified atom stereocenters. The fourth-order valence-corrected chi connectivity index (χ4v) is 1.08. The number of rotatable bonds is 4. The maximum absolute atomic E-state index is 11.4. The van der Waals surface area contributed by atoms with Crippen LogP contribution >= 0.6 is 0 Å². The average Bonchev–Trinajstić information content (AvgIpc) is 2.50. The summed E-state index contributed by atoms with van der Waals surface area (Å²) in [4.78, 5) is 22.9. The Labute approximate surface area is 86.5 Å². The fraction of sp³-hybridized carbons (Fsp3) is 0.444. The molecule has 1 aromatic rings. The summed E-state index contributed by atoms with van der Waals surface area (Å²) in [6.45, 7) is 1.41. The summed E-state index contributed by atoms with van der Waals surface area (Å²) >= 11 is 0. The van der Waals surface area contributed by atoms with E-state index in [4.69, 9.17) is 9.63 Å². The van der Waals surface area contributed by atoms with Gasteiger partial charge in [-0.2, -0.15) is 0 Å². The van der Waals surface area contributed by atoms with E-state index >= 15 is 0 Å². The molecule has 0 aromatic carbocycles. The van der Waals surface area contributed by atoms with Crippen molar-refractivity contribution in [3.63, 3.8) is 0 Å². The van der Waals surface area contributed by atoms with Crippen LogP contribution in [0.4, 0.5) is 0 Å². The van der Waals surface area contributed by atoms with Gasteiger partial charge in [-0.25, -0.2) is 0 Å². The monoisotopic (exact) mass is 212 g/mol. The van der Waals surface area contributed by atoms with Gasteiger partial charge in [-0.1, -0.05) is 5.16 Å². The Kier molecular flexibility index (Phi) is 3.43. The van der Waals surface area contributed by atoms with E-state index in [2.05, 4.69) is 5.16 Å². The Morgan fingerprint density at radius 2 is 2.27 bits per heavy atom. The highest BCUT2D eigenvalue weighted by atomic mass is 16.5. The Bertz CT molecular complexity index is 372. The highest BCUT2D eigenvalue weighted by Gasteiger charge is 2.14. The largest absolute Gasteiger partial charge is 0.480 e. The van der Waals surface area contributed by atoms with E-state index in [1.165, 1.54) is 7.05 Å². The second-order valence-electron chi connectivity index (χ2n) is 3.25. The third-order valence-corrected chi connectivity index (χ3v) is 1.81. The lowest BCUT2D eigenvalue weighted by Gasteiger charge is -2.12. The normalized spacial score (nSPS) is 10.0. The van der Waals surface area contributed by atoms with Crippen molar-refractivity contribution in [1.82, 2.24) is 10.1 Å². The van der Waals surface area contributed by atoms with Gasteiger partial charge in [0.25, 0.3) is 0 Å². The number of amides is 1. The molecule has 1 aromatic heterocycles. The summed E-state index contributed by atoms with van der Waals surface area (Å²) in [5.74, 6) is -0.716. The highest BCUT2D eigenvalue weighted by molar-refractivity contribution is 5.82. The minimum Gasteiger partial charge on any atom is -0.480 e. The van der Waals surface area contributed by atoms with Gasteiger partial charge in [-0.15, -0.1) is 0 Å². The van der Waals surface area contributed by atoms with Gasteiger partial charge in [0, 0.05) is 13.1 Å². The Balaban J connectivity index is 2.52. The van der Waals surface area contributed by atoms with Crippen molar-refractivity contribution in [3.8, 4) is 0 Å². The standard InChI is InChI=1S/C9H12N2O4/c1-6-3-7(10-15-6)4-8(12)11(2)5-9(13)14/h3H,4-5H2,1-2H3,(H,13,14). The van der Waals surface area contributed by atoms with Gasteiger partial charge in [0.15, 0.2) is 0 Å². The SMILES string of the molecule is Cc1cc(CC(=O)N(C)CC(=O)O)no1. The summed E-state index contributed by atoms with van der Waals surface area (Å²) in [6.07, 6.45) is 0.0567. The predicted molar refractivity (Wildman–Crippen MR) is 50.2 cm³/mol. The molecule has 0 spiro atoms. The van der Waals surface area contributed by atoms with Crippen molar-refractivity contribution in [2.24, 2.45) is 0 Å². The fourth-order valence-electron chi connectivity index (χ4n) is 1.08. The molecular weight excluding hydrogens is 200 g/mol. The van der Waals surface area contributed by atoms with E-state index in [-0.39, 0.29) is 18.9 Å². The van der Waals surface area contributed by atoms with E-state index in [0.29, 0.717) is 11.5 Å². The molecule has 0 fully saturated rings. The van der Waals surface area contributed by atoms with Crippen molar-refractivity contribution in [2.75, 3.05) is 13.6 Å². The molecular formula is C9H12N2O4. The van der Waals surface area contributed by atoms with Gasteiger partial charge in [0.05, 0.1) is 12.1 Å². The van der Waals surface area contributed by atoms with E-state index in [1.54, 1.807) is 13.0 Å². The van der Waals surface area contributed by atoms with Crippen molar-refractivity contribution in [1.29, 1.82) is 0 Å². The van der Waals surface area contributed by atoms with E-state index in [1.807, 2.05) is 0 Å². The van der Waals surface area contributed by atoms with Gasteiger partial charge in [-0.05, 0) is 6.92 Å². The van der Waals surface area contributed by atoms with Crippen molar-refractivity contribution < 1.29 is 19.2 Å². The molecule has 0 atom stereocenters. The zero-order valence-corrected chi connectivity index (χ0v) is 8.56. The summed E-state index contributed by atoms with van der Waals surface area (Å²) in [5, 5.41) is 12.1. The molecule has 82 valence electrons. The van der Waals surface area contributed by atoms with Crippen LogP contribution in [0.25, 0.3) is 0 Å². The number of nitrogens with zero attached hydrogens (tertiary/aromatic N) is 2. The lowest BCUT2D eigenvalue weighted by Crippen LogP contribution is -2.33. The van der Waals surface area contributed by atoms with Crippen LogP contribution in [0, 0.1) is 6.92 Å². The third-order valence-electron chi connectivity index (χ3n) is 1.81. The number of carboxylic acid groups (broad SMARTS) is 1. The molecule has 0 aliphatic rings. The Morgan fingerprint density at radius 3 is 2.73 bits per heavy atom. The second-order valence-corrected chi connectivity index (χ2v) is 3.25. The predicted octanol–water partition coefficient (Wildman–Crippen LogP) is 0.0685. The molecule has 1 heterocycles. The molecule has 1 amide bonds. The van der Waals surface area contributed by atoms with Gasteiger partial charge in [-0.3, -0.25) is 9.59 Å². The first-order valence-electron chi connectivity index (χ1n) is 4.37. The van der Waals surface area contributed by atoms with Crippen LogP contribution < -0.4 is 0 Å². The van der Waals surface area contributed by atoms with E-state index in [9.17, 15) is 9.59 Å². The molecule has 0 aliphatic carbocycles. The number of aryl methyl sites for hydroxylation is 1. The quantitative estimate of drug-likeness (QED) is 0.763. The van der Waals surface area contributed by atoms with Crippen LogP contribution in [0.2, 0.25) is 0 Å². The van der Waals surface area contributed by atoms with E-state index in [0.717, 1.165) is 4.90 Å². The lowest BCUT2D eigenvalue weighted by atomic mass is 10.2. The van der Waals surface area contributed by atoms with Crippen LogP contribution in [0.15, 0.2) is 10.6 Å². The van der Waals surface area contributed by atoms with Crippen molar-refractivity contribution in [2.45, 2.75) is 13.3 Å². The van der Waals surface area contributed by atoms with Gasteiger partial charge in [0.2, 0.25) is 5.91 Å². The minimum absolute atomic E-state index is 0.0567. The molecule has 0 saturated carbocycles. The van der Waals surface area contributed by atoms with Crippen molar-refractivity contribution >= 4 is 11.9 Å². The molecule has 1 N–H and O–H groups in total. The Hall–Kier alpha value is -1.85. The maximum atomic E-state index is 11.4. The average molecular weight is 212 g/mol. The van der Waals surface area contributed by atoms with Crippen LogP contribution in [-0.4, -0.2) is 40.6 Å².